The molecule has 2 aliphatic heterocycles. The lowest BCUT2D eigenvalue weighted by atomic mass is 10.1. The molecule has 1 fully saturated rings. The third-order valence-electron chi connectivity index (χ3n) is 4.69. The van der Waals surface area contributed by atoms with E-state index < -0.39 is 0 Å². The van der Waals surface area contributed by atoms with Crippen molar-refractivity contribution in [2.24, 2.45) is 0 Å². The normalized spacial score (nSPS) is 20.7. The standard InChI is InChI=1S/C17H19ClN4O2/c18-13-6-4-12(5-7-13)15-10-22-14(11-24-15)16(19-20-22)17(23)21-8-2-1-3-9-21/h4-7,15H,1-3,8-11H2. The fraction of sp³-hybridized carbons (Fsp3) is 0.471. The van der Waals surface area contributed by atoms with Crippen LogP contribution in [0.5, 0.6) is 0 Å². The van der Waals surface area contributed by atoms with E-state index in [0.717, 1.165) is 37.2 Å². The van der Waals surface area contributed by atoms with Crippen molar-refractivity contribution in [3.8, 4) is 0 Å². The van der Waals surface area contributed by atoms with Crippen LogP contribution in [-0.4, -0.2) is 38.9 Å². The van der Waals surface area contributed by atoms with Crippen LogP contribution in [0, 0.1) is 0 Å². The van der Waals surface area contributed by atoms with Crippen LogP contribution in [0.15, 0.2) is 24.3 Å². The molecule has 1 amide bonds. The average Bonchev–Trinajstić information content (AvgIpc) is 3.05. The molecule has 1 unspecified atom stereocenters. The molecule has 2 aliphatic rings. The van der Waals surface area contributed by atoms with Gasteiger partial charge in [-0.15, -0.1) is 5.10 Å². The van der Waals surface area contributed by atoms with Crippen LogP contribution in [-0.2, 0) is 17.9 Å². The van der Waals surface area contributed by atoms with Crippen LogP contribution >= 0.6 is 11.6 Å². The molecule has 2 aromatic rings. The van der Waals surface area contributed by atoms with Crippen LogP contribution in [0.4, 0.5) is 0 Å². The lowest BCUT2D eigenvalue weighted by molar-refractivity contribution is -0.00198. The highest BCUT2D eigenvalue weighted by molar-refractivity contribution is 6.30. The molecule has 24 heavy (non-hydrogen) atoms. The van der Waals surface area contributed by atoms with Crippen molar-refractivity contribution in [1.82, 2.24) is 19.9 Å². The van der Waals surface area contributed by atoms with E-state index in [1.54, 1.807) is 4.68 Å². The predicted octanol–water partition coefficient (Wildman–Crippen LogP) is 2.83. The van der Waals surface area contributed by atoms with Gasteiger partial charge in [-0.2, -0.15) is 0 Å². The summed E-state index contributed by atoms with van der Waals surface area (Å²) in [6.07, 6.45) is 3.21. The molecular formula is C17H19ClN4O2. The Morgan fingerprint density at radius 1 is 1.17 bits per heavy atom. The number of hydrogen-bond donors (Lipinski definition) is 0. The van der Waals surface area contributed by atoms with E-state index in [2.05, 4.69) is 10.3 Å². The minimum Gasteiger partial charge on any atom is -0.365 e. The highest BCUT2D eigenvalue weighted by Gasteiger charge is 2.30. The Balaban J connectivity index is 1.53. The first-order valence-corrected chi connectivity index (χ1v) is 8.69. The minimum atomic E-state index is -0.102. The molecule has 0 spiro atoms. The maximum Gasteiger partial charge on any atom is 0.276 e. The number of ether oxygens (including phenoxy) is 1. The zero-order valence-electron chi connectivity index (χ0n) is 13.3. The van der Waals surface area contributed by atoms with Gasteiger partial charge >= 0.3 is 0 Å². The Bertz CT molecular complexity index is 738. The molecular weight excluding hydrogens is 328 g/mol. The fourth-order valence-electron chi connectivity index (χ4n) is 3.30. The van der Waals surface area contributed by atoms with E-state index in [9.17, 15) is 4.79 Å². The number of piperidine rings is 1. The molecule has 0 saturated carbocycles. The van der Waals surface area contributed by atoms with E-state index >= 15 is 0 Å². The average molecular weight is 347 g/mol. The van der Waals surface area contributed by atoms with Crippen molar-refractivity contribution in [1.29, 1.82) is 0 Å². The van der Waals surface area contributed by atoms with Gasteiger partial charge in [0.1, 0.15) is 6.10 Å². The number of carbonyl (C=O) groups excluding carboxylic acids is 1. The Hall–Kier alpha value is -1.92. The van der Waals surface area contributed by atoms with E-state index in [0.29, 0.717) is 23.9 Å². The first-order valence-electron chi connectivity index (χ1n) is 8.31. The zero-order valence-corrected chi connectivity index (χ0v) is 14.1. The Morgan fingerprint density at radius 2 is 1.92 bits per heavy atom. The van der Waals surface area contributed by atoms with Gasteiger partial charge in [0.05, 0.1) is 18.8 Å². The summed E-state index contributed by atoms with van der Waals surface area (Å²) in [6, 6.07) is 7.61. The second-order valence-corrected chi connectivity index (χ2v) is 6.71. The molecule has 126 valence electrons. The number of aromatic nitrogens is 3. The van der Waals surface area contributed by atoms with Crippen molar-refractivity contribution in [3.63, 3.8) is 0 Å². The molecule has 1 aromatic heterocycles. The maximum absolute atomic E-state index is 12.7. The second kappa shape index (κ2) is 6.53. The van der Waals surface area contributed by atoms with Crippen LogP contribution in [0.1, 0.15) is 47.1 Å². The van der Waals surface area contributed by atoms with E-state index in [-0.39, 0.29) is 12.0 Å². The number of fused-ring (bicyclic) bond motifs is 1. The second-order valence-electron chi connectivity index (χ2n) is 6.27. The molecule has 1 atom stereocenters. The van der Waals surface area contributed by atoms with Gasteiger partial charge in [0.2, 0.25) is 0 Å². The predicted molar refractivity (Wildman–Crippen MR) is 88.8 cm³/mol. The number of carbonyl (C=O) groups is 1. The summed E-state index contributed by atoms with van der Waals surface area (Å²) in [6.45, 7) is 2.51. The Labute approximate surface area is 145 Å². The number of nitrogens with zero attached hydrogens (tertiary/aromatic N) is 4. The molecule has 4 rings (SSSR count). The first kappa shape index (κ1) is 15.6. The molecule has 1 aromatic carbocycles. The minimum absolute atomic E-state index is 0.0236. The molecule has 1 saturated heterocycles. The van der Waals surface area contributed by atoms with Gasteiger partial charge < -0.3 is 9.64 Å². The molecule has 0 aliphatic carbocycles. The van der Waals surface area contributed by atoms with E-state index in [4.69, 9.17) is 16.3 Å². The summed E-state index contributed by atoms with van der Waals surface area (Å²) in [5.41, 5.74) is 2.26. The van der Waals surface area contributed by atoms with Crippen molar-refractivity contribution in [2.75, 3.05) is 13.1 Å². The third-order valence-corrected chi connectivity index (χ3v) is 4.94. The van der Waals surface area contributed by atoms with Gasteiger partial charge in [0, 0.05) is 18.1 Å². The highest BCUT2D eigenvalue weighted by Crippen LogP contribution is 2.28. The van der Waals surface area contributed by atoms with Crippen LogP contribution in [0.3, 0.4) is 0 Å². The fourth-order valence-corrected chi connectivity index (χ4v) is 3.43. The van der Waals surface area contributed by atoms with Crippen LogP contribution in [0.25, 0.3) is 0 Å². The summed E-state index contributed by atoms with van der Waals surface area (Å²) in [5, 5.41) is 9.01. The molecule has 6 nitrogen and oxygen atoms in total. The van der Waals surface area contributed by atoms with Crippen molar-refractivity contribution in [3.05, 3.63) is 46.2 Å². The lowest BCUT2D eigenvalue weighted by Crippen LogP contribution is -2.36. The quantitative estimate of drug-likeness (QED) is 0.839. The highest BCUT2D eigenvalue weighted by atomic mass is 35.5. The summed E-state index contributed by atoms with van der Waals surface area (Å²) in [4.78, 5) is 14.5. The van der Waals surface area contributed by atoms with Gasteiger partial charge in [0.25, 0.3) is 5.91 Å². The topological polar surface area (TPSA) is 60.3 Å². The molecule has 0 bridgehead atoms. The largest absolute Gasteiger partial charge is 0.365 e. The number of amides is 1. The van der Waals surface area contributed by atoms with Gasteiger partial charge in [-0.3, -0.25) is 4.79 Å². The van der Waals surface area contributed by atoms with Crippen molar-refractivity contribution in [2.45, 2.75) is 38.5 Å². The summed E-state index contributed by atoms with van der Waals surface area (Å²) in [5.74, 6) is -0.0236. The smallest absolute Gasteiger partial charge is 0.276 e. The van der Waals surface area contributed by atoms with Gasteiger partial charge in [-0.05, 0) is 37.0 Å². The van der Waals surface area contributed by atoms with Gasteiger partial charge in [-0.1, -0.05) is 28.9 Å². The van der Waals surface area contributed by atoms with Gasteiger partial charge in [-0.25, -0.2) is 4.68 Å². The molecule has 3 heterocycles. The maximum atomic E-state index is 12.7. The van der Waals surface area contributed by atoms with Crippen LogP contribution < -0.4 is 0 Å². The van der Waals surface area contributed by atoms with Crippen LogP contribution in [0.2, 0.25) is 5.02 Å². The molecule has 0 N–H and O–H groups in total. The van der Waals surface area contributed by atoms with Crippen molar-refractivity contribution >= 4 is 17.5 Å². The zero-order chi connectivity index (χ0) is 16.5. The van der Waals surface area contributed by atoms with E-state index in [1.165, 1.54) is 6.42 Å². The van der Waals surface area contributed by atoms with E-state index in [1.807, 2.05) is 29.2 Å². The lowest BCUT2D eigenvalue weighted by Gasteiger charge is -2.27. The summed E-state index contributed by atoms with van der Waals surface area (Å²) < 4.78 is 7.74. The molecule has 7 heteroatoms. The number of hydrogen-bond acceptors (Lipinski definition) is 4. The number of rotatable bonds is 2. The monoisotopic (exact) mass is 346 g/mol. The third kappa shape index (κ3) is 2.91. The SMILES string of the molecule is O=C(c1nnn2c1COC(c1ccc(Cl)cc1)C2)N1CCCCC1. The number of benzene rings is 1. The number of halogens is 1. The summed E-state index contributed by atoms with van der Waals surface area (Å²) >= 11 is 5.93. The first-order chi connectivity index (χ1) is 11.7. The van der Waals surface area contributed by atoms with Gasteiger partial charge in [0.15, 0.2) is 5.69 Å². The Morgan fingerprint density at radius 3 is 2.67 bits per heavy atom. The van der Waals surface area contributed by atoms with Crippen molar-refractivity contribution < 1.29 is 9.53 Å². The summed E-state index contributed by atoms with van der Waals surface area (Å²) in [7, 11) is 0. The Kier molecular flexibility index (Phi) is 4.24. The number of likely N-dealkylation sites (tertiary alicyclic amines) is 1. The molecule has 0 radical (unpaired) electrons.